The Balaban J connectivity index is 1.47. The van der Waals surface area contributed by atoms with E-state index in [-0.39, 0.29) is 23.2 Å². The summed E-state index contributed by atoms with van der Waals surface area (Å²) in [5.74, 6) is -7.20. The van der Waals surface area contributed by atoms with E-state index in [4.69, 9.17) is 9.47 Å². The first-order valence-electron chi connectivity index (χ1n) is 13.0. The van der Waals surface area contributed by atoms with Crippen LogP contribution in [0.2, 0.25) is 0 Å². The van der Waals surface area contributed by atoms with Gasteiger partial charge in [0.25, 0.3) is 11.8 Å². The first kappa shape index (κ1) is 29.9. The van der Waals surface area contributed by atoms with Crippen LogP contribution in [-0.4, -0.2) is 62.1 Å². The fourth-order valence-electron chi connectivity index (χ4n) is 4.97. The van der Waals surface area contributed by atoms with Gasteiger partial charge in [-0.2, -0.15) is 0 Å². The Labute approximate surface area is 240 Å². The quantitative estimate of drug-likeness (QED) is 0.362. The molecular formula is C28H24F6N4O5. The Morgan fingerprint density at radius 2 is 1.72 bits per heavy atom. The van der Waals surface area contributed by atoms with E-state index in [1.807, 2.05) is 0 Å². The van der Waals surface area contributed by atoms with Gasteiger partial charge in [-0.1, -0.05) is 0 Å². The number of nitrogens with zero attached hydrogens (tertiary/aromatic N) is 2. The van der Waals surface area contributed by atoms with Crippen LogP contribution in [0.15, 0.2) is 48.5 Å². The van der Waals surface area contributed by atoms with Gasteiger partial charge in [0.15, 0.2) is 11.6 Å². The fraction of sp³-hybridized carbons (Fsp3) is 0.321. The Bertz CT molecular complexity index is 1490. The van der Waals surface area contributed by atoms with Gasteiger partial charge in [-0.05, 0) is 42.8 Å². The summed E-state index contributed by atoms with van der Waals surface area (Å²) in [5, 5.41) is 5.48. The molecule has 2 aliphatic rings. The number of ether oxygens (including phenoxy) is 3. The second-order valence-electron chi connectivity index (χ2n) is 9.79. The minimum absolute atomic E-state index is 0.102. The van der Waals surface area contributed by atoms with Crippen molar-refractivity contribution in [3.8, 4) is 11.5 Å². The summed E-state index contributed by atoms with van der Waals surface area (Å²) in [6, 6.07) is 6.33. The number of carbonyl (C=O) groups is 2. The fourth-order valence-corrected chi connectivity index (χ4v) is 4.97. The number of carbonyl (C=O) groups excluding carboxylic acids is 2. The molecule has 43 heavy (non-hydrogen) atoms. The largest absolute Gasteiger partial charge is 0.573 e. The molecule has 0 spiro atoms. The molecule has 2 amide bonds. The smallest absolute Gasteiger partial charge is 0.497 e. The first-order valence-corrected chi connectivity index (χ1v) is 13.0. The van der Waals surface area contributed by atoms with Crippen LogP contribution < -0.4 is 25.0 Å². The predicted octanol–water partition coefficient (Wildman–Crippen LogP) is 4.54. The molecular weight excluding hydrogens is 586 g/mol. The lowest BCUT2D eigenvalue weighted by Crippen LogP contribution is -2.44. The number of alkyl halides is 3. The van der Waals surface area contributed by atoms with Gasteiger partial charge in [0.2, 0.25) is 0 Å². The van der Waals surface area contributed by atoms with Crippen LogP contribution >= 0.6 is 0 Å². The first-order chi connectivity index (χ1) is 20.4. The Morgan fingerprint density at radius 3 is 2.33 bits per heavy atom. The highest BCUT2D eigenvalue weighted by Gasteiger charge is 2.46. The van der Waals surface area contributed by atoms with Gasteiger partial charge in [0.1, 0.15) is 35.0 Å². The van der Waals surface area contributed by atoms with E-state index in [0.717, 1.165) is 47.4 Å². The third-order valence-corrected chi connectivity index (χ3v) is 6.97. The van der Waals surface area contributed by atoms with E-state index in [2.05, 4.69) is 20.4 Å². The van der Waals surface area contributed by atoms with Gasteiger partial charge < -0.3 is 24.8 Å². The number of hydrogen-bond donors (Lipinski definition) is 2. The number of anilines is 2. The predicted molar refractivity (Wildman–Crippen MR) is 139 cm³/mol. The van der Waals surface area contributed by atoms with E-state index >= 15 is 13.2 Å². The molecule has 0 saturated carbocycles. The summed E-state index contributed by atoms with van der Waals surface area (Å²) in [6.45, 7) is 0.450. The lowest BCUT2D eigenvalue weighted by atomic mass is 9.92. The molecule has 0 aliphatic carbocycles. The van der Waals surface area contributed by atoms with Crippen molar-refractivity contribution in [1.82, 2.24) is 10.3 Å². The van der Waals surface area contributed by atoms with Crippen molar-refractivity contribution in [2.24, 2.45) is 0 Å². The molecule has 15 heteroatoms. The summed E-state index contributed by atoms with van der Waals surface area (Å²) in [6.07, 6.45) is -4.28. The number of pyridine rings is 1. The highest BCUT2D eigenvalue weighted by molar-refractivity contribution is 6.04. The molecule has 1 unspecified atom stereocenters. The molecule has 5 rings (SSSR count). The van der Waals surface area contributed by atoms with Gasteiger partial charge in [-0.15, -0.1) is 13.2 Å². The van der Waals surface area contributed by atoms with E-state index in [0.29, 0.717) is 19.6 Å². The maximum absolute atomic E-state index is 15.2. The number of rotatable bonds is 8. The van der Waals surface area contributed by atoms with Crippen LogP contribution in [-0.2, 0) is 9.53 Å². The highest BCUT2D eigenvalue weighted by Crippen LogP contribution is 2.37. The standard InChI is InChI=1S/C28H24F6N4O5/c1-41-17-10-20(30)23(21(31)11-17)18-12-38(25-19(29)6-7-22(36-25)35-15-8-9-42-13-15)27(40)24(18)37-26(39)14-2-4-16(5-3-14)43-28(32,33)34/h2-7,10-11,15,18,24H,8-9,12-13H2,1H3,(H,35,36)(H,37,39)/t15?,18-,24-/m0/s1. The normalized spacial score (nSPS) is 20.3. The molecule has 2 aromatic carbocycles. The van der Waals surface area contributed by atoms with Crippen molar-refractivity contribution >= 4 is 23.5 Å². The molecule has 3 atom stereocenters. The molecule has 0 bridgehead atoms. The van der Waals surface area contributed by atoms with Crippen LogP contribution in [0.4, 0.5) is 38.0 Å². The molecule has 2 N–H and O–H groups in total. The van der Waals surface area contributed by atoms with Gasteiger partial charge in [-0.25, -0.2) is 18.2 Å². The maximum atomic E-state index is 15.2. The number of hydrogen-bond acceptors (Lipinski definition) is 7. The van der Waals surface area contributed by atoms with Crippen molar-refractivity contribution in [3.63, 3.8) is 0 Å². The number of halogens is 6. The number of nitrogens with one attached hydrogen (secondary N) is 2. The minimum Gasteiger partial charge on any atom is -0.497 e. The molecule has 1 aromatic heterocycles. The topological polar surface area (TPSA) is 102 Å². The van der Waals surface area contributed by atoms with Crippen LogP contribution in [0.5, 0.6) is 11.5 Å². The van der Waals surface area contributed by atoms with Crippen molar-refractivity contribution in [2.75, 3.05) is 37.1 Å². The zero-order valence-electron chi connectivity index (χ0n) is 22.4. The number of aromatic nitrogens is 1. The second-order valence-corrected chi connectivity index (χ2v) is 9.79. The van der Waals surface area contributed by atoms with Crippen molar-refractivity contribution < 1.29 is 50.1 Å². The molecule has 9 nitrogen and oxygen atoms in total. The molecule has 3 aromatic rings. The highest BCUT2D eigenvalue weighted by atomic mass is 19.4. The van der Waals surface area contributed by atoms with Crippen LogP contribution in [0, 0.1) is 17.5 Å². The average Bonchev–Trinajstić information content (AvgIpc) is 3.57. The summed E-state index contributed by atoms with van der Waals surface area (Å²) >= 11 is 0. The lowest BCUT2D eigenvalue weighted by Gasteiger charge is -2.20. The molecule has 228 valence electrons. The van der Waals surface area contributed by atoms with E-state index in [1.54, 1.807) is 0 Å². The summed E-state index contributed by atoms with van der Waals surface area (Å²) in [7, 11) is 1.20. The second kappa shape index (κ2) is 12.0. The third-order valence-electron chi connectivity index (χ3n) is 6.97. The van der Waals surface area contributed by atoms with Gasteiger partial charge in [0, 0.05) is 42.3 Å². The Kier molecular flexibility index (Phi) is 8.35. The molecule has 0 radical (unpaired) electrons. The van der Waals surface area contributed by atoms with Gasteiger partial charge >= 0.3 is 6.36 Å². The minimum atomic E-state index is -4.95. The molecule has 2 fully saturated rings. The van der Waals surface area contributed by atoms with E-state index in [9.17, 15) is 22.8 Å². The van der Waals surface area contributed by atoms with Crippen molar-refractivity contribution in [2.45, 2.75) is 30.8 Å². The molecule has 2 aliphatic heterocycles. The van der Waals surface area contributed by atoms with Crippen molar-refractivity contribution in [1.29, 1.82) is 0 Å². The number of methoxy groups -OCH3 is 1. The van der Waals surface area contributed by atoms with Crippen LogP contribution in [0.25, 0.3) is 0 Å². The summed E-state index contributed by atoms with van der Waals surface area (Å²) < 4.78 is 97.0. The van der Waals surface area contributed by atoms with Crippen LogP contribution in [0.3, 0.4) is 0 Å². The molecule has 3 heterocycles. The third kappa shape index (κ3) is 6.61. The zero-order valence-corrected chi connectivity index (χ0v) is 22.4. The van der Waals surface area contributed by atoms with E-state index < -0.39 is 71.3 Å². The zero-order chi connectivity index (χ0) is 30.9. The van der Waals surface area contributed by atoms with Crippen LogP contribution in [0.1, 0.15) is 28.3 Å². The average molecular weight is 611 g/mol. The van der Waals surface area contributed by atoms with Gasteiger partial charge in [-0.3, -0.25) is 14.5 Å². The lowest BCUT2D eigenvalue weighted by molar-refractivity contribution is -0.274. The SMILES string of the molecule is COc1cc(F)c([C@@H]2CN(c3nc(NC4CCOC4)ccc3F)C(=O)[C@H]2NC(=O)c2ccc(OC(F)(F)F)cc2)c(F)c1. The maximum Gasteiger partial charge on any atom is 0.573 e. The summed E-state index contributed by atoms with van der Waals surface area (Å²) in [5.41, 5.74) is -0.738. The van der Waals surface area contributed by atoms with Gasteiger partial charge in [0.05, 0.1) is 19.8 Å². The van der Waals surface area contributed by atoms with E-state index in [1.165, 1.54) is 13.2 Å². The monoisotopic (exact) mass is 610 g/mol. The Morgan fingerprint density at radius 1 is 1.02 bits per heavy atom. The number of benzene rings is 2. The molecule has 2 saturated heterocycles. The Hall–Kier alpha value is -4.53. The summed E-state index contributed by atoms with van der Waals surface area (Å²) in [4.78, 5) is 31.9. The number of amides is 2. The van der Waals surface area contributed by atoms with Crippen molar-refractivity contribution in [3.05, 3.63) is 77.1 Å².